The maximum absolute atomic E-state index is 13.0. The summed E-state index contributed by atoms with van der Waals surface area (Å²) >= 11 is 1.20. The summed E-state index contributed by atoms with van der Waals surface area (Å²) in [5.41, 5.74) is 0.572. The number of thioether (sulfide) groups is 1. The second kappa shape index (κ2) is 7.90. The SMILES string of the molecule is CC(Sc1ccccc1C(=O)N1CCC(c2nncn2C)CC1)C(=O)O. The number of carbonyl (C=O) groups is 2. The highest BCUT2D eigenvalue weighted by Crippen LogP contribution is 2.30. The molecule has 1 atom stereocenters. The van der Waals surface area contributed by atoms with E-state index in [2.05, 4.69) is 10.2 Å². The smallest absolute Gasteiger partial charge is 0.316 e. The van der Waals surface area contributed by atoms with Crippen molar-refractivity contribution in [3.8, 4) is 0 Å². The summed E-state index contributed by atoms with van der Waals surface area (Å²) < 4.78 is 1.93. The molecule has 2 aromatic rings. The lowest BCUT2D eigenvalue weighted by Gasteiger charge is -2.32. The number of aryl methyl sites for hydroxylation is 1. The molecule has 0 radical (unpaired) electrons. The van der Waals surface area contributed by atoms with E-state index in [1.807, 2.05) is 34.7 Å². The Balaban J connectivity index is 1.69. The molecular formula is C18H22N4O3S. The Morgan fingerprint density at radius 1 is 1.27 bits per heavy atom. The van der Waals surface area contributed by atoms with Gasteiger partial charge < -0.3 is 14.6 Å². The van der Waals surface area contributed by atoms with Crippen LogP contribution in [0.4, 0.5) is 0 Å². The maximum Gasteiger partial charge on any atom is 0.316 e. The summed E-state index contributed by atoms with van der Waals surface area (Å²) in [4.78, 5) is 26.7. The van der Waals surface area contributed by atoms with E-state index in [9.17, 15) is 9.59 Å². The lowest BCUT2D eigenvalue weighted by molar-refractivity contribution is -0.136. The Labute approximate surface area is 156 Å². The molecule has 138 valence electrons. The van der Waals surface area contributed by atoms with Crippen LogP contribution < -0.4 is 0 Å². The minimum absolute atomic E-state index is 0.0397. The highest BCUT2D eigenvalue weighted by atomic mass is 32.2. The van der Waals surface area contributed by atoms with E-state index in [0.29, 0.717) is 29.5 Å². The molecule has 1 amide bonds. The summed E-state index contributed by atoms with van der Waals surface area (Å²) in [7, 11) is 1.93. The zero-order valence-electron chi connectivity index (χ0n) is 14.8. The van der Waals surface area contributed by atoms with E-state index in [-0.39, 0.29) is 5.91 Å². The Bertz CT molecular complexity index is 799. The summed E-state index contributed by atoms with van der Waals surface area (Å²) in [6, 6.07) is 7.22. The van der Waals surface area contributed by atoms with E-state index in [0.717, 1.165) is 18.7 Å². The van der Waals surface area contributed by atoms with Gasteiger partial charge in [0.25, 0.3) is 5.91 Å². The number of hydrogen-bond acceptors (Lipinski definition) is 5. The number of amides is 1. The molecule has 3 rings (SSSR count). The van der Waals surface area contributed by atoms with Gasteiger partial charge in [0.1, 0.15) is 17.4 Å². The third kappa shape index (κ3) is 3.90. The summed E-state index contributed by atoms with van der Waals surface area (Å²) in [6.07, 6.45) is 3.39. The first kappa shape index (κ1) is 18.4. The fraction of sp³-hybridized carbons (Fsp3) is 0.444. The van der Waals surface area contributed by atoms with Crippen LogP contribution in [0, 0.1) is 0 Å². The van der Waals surface area contributed by atoms with Crippen LogP contribution in [-0.2, 0) is 11.8 Å². The molecule has 0 aliphatic carbocycles. The van der Waals surface area contributed by atoms with Gasteiger partial charge >= 0.3 is 5.97 Å². The van der Waals surface area contributed by atoms with E-state index in [1.165, 1.54) is 11.8 Å². The highest BCUT2D eigenvalue weighted by molar-refractivity contribution is 8.00. The standard InChI is InChI=1S/C18H22N4O3S/c1-12(18(24)25)26-15-6-4-3-5-14(15)17(23)22-9-7-13(8-10-22)16-20-19-11-21(16)2/h3-6,11-13H,7-10H2,1-2H3,(H,24,25). The van der Waals surface area contributed by atoms with Gasteiger partial charge in [-0.15, -0.1) is 22.0 Å². The van der Waals surface area contributed by atoms with Crippen LogP contribution in [0.3, 0.4) is 0 Å². The van der Waals surface area contributed by atoms with Gasteiger partial charge in [0.2, 0.25) is 0 Å². The molecule has 0 spiro atoms. The second-order valence-corrected chi connectivity index (χ2v) is 7.84. The maximum atomic E-state index is 13.0. The second-order valence-electron chi connectivity index (χ2n) is 6.46. The van der Waals surface area contributed by atoms with Crippen molar-refractivity contribution < 1.29 is 14.7 Å². The third-order valence-electron chi connectivity index (χ3n) is 4.66. The number of benzene rings is 1. The molecule has 1 aromatic heterocycles. The fourth-order valence-electron chi connectivity index (χ4n) is 3.16. The fourth-order valence-corrected chi connectivity index (χ4v) is 4.08. The first-order valence-corrected chi connectivity index (χ1v) is 9.47. The van der Waals surface area contributed by atoms with Crippen molar-refractivity contribution >= 4 is 23.6 Å². The number of nitrogens with zero attached hydrogens (tertiary/aromatic N) is 4. The minimum Gasteiger partial charge on any atom is -0.480 e. The van der Waals surface area contributed by atoms with Gasteiger partial charge in [0.15, 0.2) is 0 Å². The van der Waals surface area contributed by atoms with Crippen LogP contribution in [0.2, 0.25) is 0 Å². The molecule has 7 nitrogen and oxygen atoms in total. The molecule has 1 aromatic carbocycles. The van der Waals surface area contributed by atoms with Crippen LogP contribution in [0.15, 0.2) is 35.5 Å². The van der Waals surface area contributed by atoms with Crippen molar-refractivity contribution in [2.75, 3.05) is 13.1 Å². The average molecular weight is 374 g/mol. The van der Waals surface area contributed by atoms with Crippen molar-refractivity contribution in [3.05, 3.63) is 42.0 Å². The topological polar surface area (TPSA) is 88.3 Å². The minimum atomic E-state index is -0.887. The normalized spacial score (nSPS) is 16.5. The molecule has 2 heterocycles. The summed E-state index contributed by atoms with van der Waals surface area (Å²) in [6.45, 7) is 2.94. The molecule has 1 saturated heterocycles. The number of piperidine rings is 1. The first-order chi connectivity index (χ1) is 12.5. The number of rotatable bonds is 5. The number of aromatic nitrogens is 3. The van der Waals surface area contributed by atoms with Crippen molar-refractivity contribution in [3.63, 3.8) is 0 Å². The Morgan fingerprint density at radius 3 is 2.58 bits per heavy atom. The molecule has 0 saturated carbocycles. The van der Waals surface area contributed by atoms with E-state index in [4.69, 9.17) is 5.11 Å². The zero-order chi connectivity index (χ0) is 18.7. The largest absolute Gasteiger partial charge is 0.480 e. The van der Waals surface area contributed by atoms with Gasteiger partial charge in [-0.05, 0) is 31.9 Å². The molecule has 1 fully saturated rings. The number of hydrogen-bond donors (Lipinski definition) is 1. The van der Waals surface area contributed by atoms with Crippen molar-refractivity contribution in [1.29, 1.82) is 0 Å². The molecule has 1 aliphatic rings. The number of likely N-dealkylation sites (tertiary alicyclic amines) is 1. The highest BCUT2D eigenvalue weighted by Gasteiger charge is 2.28. The average Bonchev–Trinajstić information content (AvgIpc) is 3.07. The molecular weight excluding hydrogens is 352 g/mol. The molecule has 0 bridgehead atoms. The Morgan fingerprint density at radius 2 is 1.96 bits per heavy atom. The monoisotopic (exact) mass is 374 g/mol. The number of carboxylic acid groups (broad SMARTS) is 1. The van der Waals surface area contributed by atoms with Crippen molar-refractivity contribution in [1.82, 2.24) is 19.7 Å². The number of carboxylic acids is 1. The van der Waals surface area contributed by atoms with E-state index < -0.39 is 11.2 Å². The zero-order valence-corrected chi connectivity index (χ0v) is 15.6. The molecule has 1 N–H and O–H groups in total. The summed E-state index contributed by atoms with van der Waals surface area (Å²) in [5.74, 6) is 0.343. The van der Waals surface area contributed by atoms with Gasteiger partial charge in [-0.2, -0.15) is 0 Å². The van der Waals surface area contributed by atoms with Crippen molar-refractivity contribution in [2.45, 2.75) is 35.8 Å². The van der Waals surface area contributed by atoms with Gasteiger partial charge in [-0.1, -0.05) is 12.1 Å². The Kier molecular flexibility index (Phi) is 5.61. The lowest BCUT2D eigenvalue weighted by Crippen LogP contribution is -2.38. The third-order valence-corrected chi connectivity index (χ3v) is 5.83. The van der Waals surface area contributed by atoms with Gasteiger partial charge in [-0.3, -0.25) is 9.59 Å². The van der Waals surface area contributed by atoms with Crippen LogP contribution in [0.5, 0.6) is 0 Å². The molecule has 8 heteroatoms. The van der Waals surface area contributed by atoms with Gasteiger partial charge in [0, 0.05) is 31.0 Å². The summed E-state index contributed by atoms with van der Waals surface area (Å²) in [5, 5.41) is 16.6. The van der Waals surface area contributed by atoms with Crippen LogP contribution >= 0.6 is 11.8 Å². The number of carbonyl (C=O) groups excluding carboxylic acids is 1. The molecule has 1 aliphatic heterocycles. The van der Waals surface area contributed by atoms with Gasteiger partial charge in [-0.25, -0.2) is 0 Å². The lowest BCUT2D eigenvalue weighted by atomic mass is 9.95. The first-order valence-electron chi connectivity index (χ1n) is 8.59. The van der Waals surface area contributed by atoms with E-state index >= 15 is 0 Å². The molecule has 1 unspecified atom stereocenters. The van der Waals surface area contributed by atoms with Gasteiger partial charge in [0.05, 0.1) is 5.56 Å². The van der Waals surface area contributed by atoms with Crippen molar-refractivity contribution in [2.24, 2.45) is 7.05 Å². The van der Waals surface area contributed by atoms with E-state index in [1.54, 1.807) is 19.3 Å². The molecule has 26 heavy (non-hydrogen) atoms. The van der Waals surface area contributed by atoms with Crippen LogP contribution in [0.1, 0.15) is 41.9 Å². The predicted octanol–water partition coefficient (Wildman–Crippen LogP) is 2.40. The number of aliphatic carboxylic acids is 1. The predicted molar refractivity (Wildman–Crippen MR) is 98.3 cm³/mol. The van der Waals surface area contributed by atoms with Crippen LogP contribution in [0.25, 0.3) is 0 Å². The van der Waals surface area contributed by atoms with Crippen LogP contribution in [-0.4, -0.2) is 55.0 Å². The Hall–Kier alpha value is -2.35. The quantitative estimate of drug-likeness (QED) is 0.809.